The molecule has 1 aromatic carbocycles. The highest BCUT2D eigenvalue weighted by atomic mass is 32.2. The Hall–Kier alpha value is -2.62. The minimum Gasteiger partial charge on any atom is -0.464 e. The molecule has 136 valence electrons. The van der Waals surface area contributed by atoms with Crippen LogP contribution >= 0.6 is 11.8 Å². The molecular formula is C15H18N2O7S. The van der Waals surface area contributed by atoms with Crippen molar-refractivity contribution >= 4 is 35.3 Å². The van der Waals surface area contributed by atoms with Gasteiger partial charge in [0.1, 0.15) is 0 Å². The Bertz CT molecular complexity index is 615. The van der Waals surface area contributed by atoms with Gasteiger partial charge < -0.3 is 14.8 Å². The third kappa shape index (κ3) is 6.79. The van der Waals surface area contributed by atoms with Crippen LogP contribution in [0.25, 0.3) is 0 Å². The van der Waals surface area contributed by atoms with Gasteiger partial charge in [-0.1, -0.05) is 0 Å². The monoisotopic (exact) mass is 370 g/mol. The van der Waals surface area contributed by atoms with Crippen LogP contribution in [0.5, 0.6) is 0 Å². The standard InChI is InChI=1S/C15H18N2O7S/c1-3-23-14(19)13(15(20)24-4-2)16-12(18)9-25-11-7-5-10(6-8-11)17(21)22/h5-8,13H,3-4,9H2,1-2H3,(H,16,18). The van der Waals surface area contributed by atoms with Gasteiger partial charge in [0.15, 0.2) is 0 Å². The van der Waals surface area contributed by atoms with Gasteiger partial charge in [0.05, 0.1) is 23.9 Å². The summed E-state index contributed by atoms with van der Waals surface area (Å²) in [5.74, 6) is -2.45. The van der Waals surface area contributed by atoms with Gasteiger partial charge in [-0.2, -0.15) is 0 Å². The Kier molecular flexibility index (Phi) is 8.40. The van der Waals surface area contributed by atoms with Gasteiger partial charge in [-0.3, -0.25) is 14.9 Å². The quantitative estimate of drug-likeness (QED) is 0.227. The summed E-state index contributed by atoms with van der Waals surface area (Å²) < 4.78 is 9.49. The van der Waals surface area contributed by atoms with Crippen LogP contribution in [0.2, 0.25) is 0 Å². The van der Waals surface area contributed by atoms with Gasteiger partial charge in [-0.15, -0.1) is 11.8 Å². The predicted octanol–water partition coefficient (Wildman–Crippen LogP) is 1.30. The molecule has 10 heteroatoms. The number of benzene rings is 1. The van der Waals surface area contributed by atoms with Crippen molar-refractivity contribution in [1.29, 1.82) is 0 Å². The number of hydrogen-bond acceptors (Lipinski definition) is 8. The highest BCUT2D eigenvalue weighted by Crippen LogP contribution is 2.21. The van der Waals surface area contributed by atoms with Crippen LogP contribution in [-0.4, -0.2) is 47.8 Å². The number of rotatable bonds is 9. The zero-order chi connectivity index (χ0) is 18.8. The number of nitrogens with one attached hydrogen (secondary N) is 1. The van der Waals surface area contributed by atoms with Gasteiger partial charge in [-0.25, -0.2) is 9.59 Å². The Morgan fingerprint density at radius 1 is 1.12 bits per heavy atom. The molecule has 1 aromatic rings. The summed E-state index contributed by atoms with van der Waals surface area (Å²) in [6.07, 6.45) is 0. The van der Waals surface area contributed by atoms with E-state index in [4.69, 9.17) is 9.47 Å². The summed E-state index contributed by atoms with van der Waals surface area (Å²) >= 11 is 1.10. The fraction of sp³-hybridized carbons (Fsp3) is 0.400. The second-order valence-electron chi connectivity index (χ2n) is 4.54. The fourth-order valence-corrected chi connectivity index (χ4v) is 2.39. The minimum absolute atomic E-state index is 0.0570. The summed E-state index contributed by atoms with van der Waals surface area (Å²) in [5.41, 5.74) is -0.0570. The van der Waals surface area contributed by atoms with Crippen LogP contribution in [0, 0.1) is 10.1 Å². The molecule has 25 heavy (non-hydrogen) atoms. The summed E-state index contributed by atoms with van der Waals surface area (Å²) in [7, 11) is 0. The topological polar surface area (TPSA) is 125 Å². The Morgan fingerprint density at radius 3 is 2.08 bits per heavy atom. The number of nitro groups is 1. The Balaban J connectivity index is 2.62. The zero-order valence-corrected chi connectivity index (χ0v) is 14.5. The van der Waals surface area contributed by atoms with Gasteiger partial charge in [0.2, 0.25) is 11.9 Å². The number of carbonyl (C=O) groups is 3. The molecule has 1 N–H and O–H groups in total. The van der Waals surface area contributed by atoms with Crippen LogP contribution in [0.3, 0.4) is 0 Å². The molecule has 0 heterocycles. The molecule has 0 aromatic heterocycles. The molecule has 0 aliphatic rings. The zero-order valence-electron chi connectivity index (χ0n) is 13.7. The molecule has 0 radical (unpaired) electrons. The van der Waals surface area contributed by atoms with Crippen molar-refractivity contribution in [3.05, 3.63) is 34.4 Å². The van der Waals surface area contributed by atoms with Crippen molar-refractivity contribution in [2.75, 3.05) is 19.0 Å². The number of nitro benzene ring substituents is 1. The van der Waals surface area contributed by atoms with E-state index in [2.05, 4.69) is 5.32 Å². The van der Waals surface area contributed by atoms with Crippen LogP contribution < -0.4 is 5.32 Å². The Morgan fingerprint density at radius 2 is 1.64 bits per heavy atom. The molecule has 0 aliphatic carbocycles. The average molecular weight is 370 g/mol. The second kappa shape index (κ2) is 10.3. The van der Waals surface area contributed by atoms with Crippen molar-refractivity contribution in [1.82, 2.24) is 5.32 Å². The summed E-state index contributed by atoms with van der Waals surface area (Å²) in [5, 5.41) is 12.8. The number of esters is 2. The Labute approximate surface area is 148 Å². The molecule has 1 amide bonds. The van der Waals surface area contributed by atoms with Crippen molar-refractivity contribution < 1.29 is 28.8 Å². The van der Waals surface area contributed by atoms with Gasteiger partial charge in [0.25, 0.3) is 5.69 Å². The molecule has 0 spiro atoms. The highest BCUT2D eigenvalue weighted by Gasteiger charge is 2.31. The van der Waals surface area contributed by atoms with E-state index in [1.165, 1.54) is 24.3 Å². The number of amides is 1. The van der Waals surface area contributed by atoms with E-state index in [0.717, 1.165) is 11.8 Å². The molecular weight excluding hydrogens is 352 g/mol. The third-order valence-corrected chi connectivity index (χ3v) is 3.78. The number of nitrogens with zero attached hydrogens (tertiary/aromatic N) is 1. The van der Waals surface area contributed by atoms with E-state index in [9.17, 15) is 24.5 Å². The minimum atomic E-state index is -1.52. The maximum absolute atomic E-state index is 12.0. The van der Waals surface area contributed by atoms with E-state index in [-0.39, 0.29) is 24.7 Å². The molecule has 0 saturated heterocycles. The van der Waals surface area contributed by atoms with Crippen molar-refractivity contribution in [3.63, 3.8) is 0 Å². The number of thioether (sulfide) groups is 1. The molecule has 0 unspecified atom stereocenters. The van der Waals surface area contributed by atoms with Crippen LogP contribution in [0.15, 0.2) is 29.2 Å². The molecule has 1 rings (SSSR count). The van der Waals surface area contributed by atoms with Crippen molar-refractivity contribution in [2.24, 2.45) is 0 Å². The lowest BCUT2D eigenvalue weighted by Crippen LogP contribution is -2.48. The maximum Gasteiger partial charge on any atom is 0.340 e. The molecule has 0 aliphatic heterocycles. The summed E-state index contributed by atoms with van der Waals surface area (Å²) in [6.45, 7) is 3.27. The highest BCUT2D eigenvalue weighted by molar-refractivity contribution is 8.00. The lowest BCUT2D eigenvalue weighted by Gasteiger charge is -2.15. The SMILES string of the molecule is CCOC(=O)C(NC(=O)CSc1ccc([N+](=O)[O-])cc1)C(=O)OCC. The lowest BCUT2D eigenvalue weighted by molar-refractivity contribution is -0.384. The van der Waals surface area contributed by atoms with E-state index >= 15 is 0 Å². The van der Waals surface area contributed by atoms with Gasteiger partial charge in [0, 0.05) is 17.0 Å². The summed E-state index contributed by atoms with van der Waals surface area (Å²) in [4.78, 5) is 46.2. The van der Waals surface area contributed by atoms with Crippen molar-refractivity contribution in [2.45, 2.75) is 24.8 Å². The summed E-state index contributed by atoms with van der Waals surface area (Å²) in [6, 6.07) is 4.12. The van der Waals surface area contributed by atoms with Crippen molar-refractivity contribution in [3.8, 4) is 0 Å². The fourth-order valence-electron chi connectivity index (χ4n) is 1.68. The number of hydrogen-bond donors (Lipinski definition) is 1. The lowest BCUT2D eigenvalue weighted by atomic mass is 10.3. The molecule has 9 nitrogen and oxygen atoms in total. The number of carbonyl (C=O) groups excluding carboxylic acids is 3. The van der Waals surface area contributed by atoms with E-state index in [1.807, 2.05) is 0 Å². The number of non-ortho nitro benzene ring substituents is 1. The van der Waals surface area contributed by atoms with Crippen LogP contribution in [0.1, 0.15) is 13.8 Å². The predicted molar refractivity (Wildman–Crippen MR) is 89.0 cm³/mol. The van der Waals surface area contributed by atoms with Crippen LogP contribution in [0.4, 0.5) is 5.69 Å². The molecule has 0 saturated carbocycles. The van der Waals surface area contributed by atoms with E-state index in [1.54, 1.807) is 13.8 Å². The second-order valence-corrected chi connectivity index (χ2v) is 5.59. The maximum atomic E-state index is 12.0. The molecule has 0 atom stereocenters. The molecule has 0 bridgehead atoms. The first kappa shape index (κ1) is 20.4. The smallest absolute Gasteiger partial charge is 0.340 e. The first-order chi connectivity index (χ1) is 11.9. The molecule has 0 fully saturated rings. The normalized spacial score (nSPS) is 10.2. The van der Waals surface area contributed by atoms with Crippen LogP contribution in [-0.2, 0) is 23.9 Å². The first-order valence-electron chi connectivity index (χ1n) is 7.38. The number of ether oxygens (including phenoxy) is 2. The largest absolute Gasteiger partial charge is 0.464 e. The van der Waals surface area contributed by atoms with Gasteiger partial charge >= 0.3 is 11.9 Å². The average Bonchev–Trinajstić information content (AvgIpc) is 2.58. The van der Waals surface area contributed by atoms with E-state index < -0.39 is 28.8 Å². The first-order valence-corrected chi connectivity index (χ1v) is 8.37. The third-order valence-electron chi connectivity index (χ3n) is 2.77. The van der Waals surface area contributed by atoms with E-state index in [0.29, 0.717) is 4.90 Å². The van der Waals surface area contributed by atoms with Gasteiger partial charge in [-0.05, 0) is 26.0 Å².